The molecular formula is C16H31NO2. The van der Waals surface area contributed by atoms with Crippen LogP contribution in [0.15, 0.2) is 0 Å². The molecule has 0 amide bonds. The number of aliphatic hydroxyl groups is 1. The fraction of sp³-hybridized carbons (Fsp3) is 1.00. The van der Waals surface area contributed by atoms with Gasteiger partial charge in [0.25, 0.3) is 0 Å². The van der Waals surface area contributed by atoms with Crippen molar-refractivity contribution < 1.29 is 9.84 Å². The number of nitrogens with one attached hydrogen (secondary N) is 1. The molecule has 19 heavy (non-hydrogen) atoms. The summed E-state index contributed by atoms with van der Waals surface area (Å²) in [6, 6.07) is 0.571. The van der Waals surface area contributed by atoms with Crippen LogP contribution in [0.5, 0.6) is 0 Å². The van der Waals surface area contributed by atoms with Gasteiger partial charge in [-0.05, 0) is 32.1 Å². The molecular weight excluding hydrogens is 238 g/mol. The van der Waals surface area contributed by atoms with Gasteiger partial charge in [-0.1, -0.05) is 33.1 Å². The van der Waals surface area contributed by atoms with E-state index in [2.05, 4.69) is 26.1 Å². The molecule has 0 bridgehead atoms. The van der Waals surface area contributed by atoms with E-state index in [1.165, 1.54) is 19.3 Å². The van der Waals surface area contributed by atoms with Gasteiger partial charge in [0.1, 0.15) is 0 Å². The summed E-state index contributed by atoms with van der Waals surface area (Å²) in [5.74, 6) is 0.438. The maximum atomic E-state index is 10.2. The minimum atomic E-state index is -0.196. The molecule has 0 saturated heterocycles. The maximum absolute atomic E-state index is 10.2. The second-order valence-electron chi connectivity index (χ2n) is 6.37. The number of ether oxygens (including phenoxy) is 1. The van der Waals surface area contributed by atoms with Crippen molar-refractivity contribution in [1.82, 2.24) is 5.32 Å². The van der Waals surface area contributed by atoms with E-state index >= 15 is 0 Å². The minimum absolute atomic E-state index is 0.196. The highest BCUT2D eigenvalue weighted by molar-refractivity contribution is 5.12. The van der Waals surface area contributed by atoms with Crippen LogP contribution in [0.4, 0.5) is 0 Å². The minimum Gasteiger partial charge on any atom is -0.392 e. The zero-order valence-electron chi connectivity index (χ0n) is 12.8. The van der Waals surface area contributed by atoms with Crippen LogP contribution >= 0.6 is 0 Å². The van der Waals surface area contributed by atoms with Gasteiger partial charge in [-0.3, -0.25) is 0 Å². The van der Waals surface area contributed by atoms with Crippen molar-refractivity contribution in [2.75, 3.05) is 13.2 Å². The average Bonchev–Trinajstić information content (AvgIpc) is 2.32. The number of hydrogen-bond acceptors (Lipinski definition) is 3. The summed E-state index contributed by atoms with van der Waals surface area (Å²) in [5, 5.41) is 13.8. The monoisotopic (exact) mass is 269 g/mol. The van der Waals surface area contributed by atoms with E-state index < -0.39 is 0 Å². The Hall–Kier alpha value is -0.120. The molecule has 0 aromatic carbocycles. The van der Waals surface area contributed by atoms with Gasteiger partial charge < -0.3 is 15.2 Å². The van der Waals surface area contributed by atoms with Crippen LogP contribution in [0, 0.1) is 11.3 Å². The Morgan fingerprint density at radius 1 is 1.26 bits per heavy atom. The molecule has 3 nitrogen and oxygen atoms in total. The fourth-order valence-electron chi connectivity index (χ4n) is 3.99. The lowest BCUT2D eigenvalue weighted by Crippen LogP contribution is -2.67. The lowest BCUT2D eigenvalue weighted by atomic mass is 9.51. The molecule has 2 fully saturated rings. The van der Waals surface area contributed by atoms with Gasteiger partial charge in [0.05, 0.1) is 12.2 Å². The lowest BCUT2D eigenvalue weighted by Gasteiger charge is -2.61. The zero-order chi connectivity index (χ0) is 13.9. The maximum Gasteiger partial charge on any atom is 0.0692 e. The third kappa shape index (κ3) is 2.84. The summed E-state index contributed by atoms with van der Waals surface area (Å²) in [7, 11) is 0. The fourth-order valence-corrected chi connectivity index (χ4v) is 3.99. The van der Waals surface area contributed by atoms with Crippen molar-refractivity contribution in [3.05, 3.63) is 0 Å². The predicted octanol–water partition coefficient (Wildman–Crippen LogP) is 2.72. The van der Waals surface area contributed by atoms with Crippen molar-refractivity contribution in [3.63, 3.8) is 0 Å². The highest BCUT2D eigenvalue weighted by Gasteiger charge is 2.58. The highest BCUT2D eigenvalue weighted by Crippen LogP contribution is 2.57. The number of hydrogen-bond donors (Lipinski definition) is 2. The molecule has 1 spiro atoms. The third-order valence-electron chi connectivity index (χ3n) is 5.60. The first-order valence-electron chi connectivity index (χ1n) is 8.21. The van der Waals surface area contributed by atoms with Crippen molar-refractivity contribution in [2.45, 2.75) is 77.5 Å². The van der Waals surface area contributed by atoms with E-state index in [0.29, 0.717) is 23.5 Å². The van der Waals surface area contributed by atoms with Gasteiger partial charge in [-0.2, -0.15) is 0 Å². The van der Waals surface area contributed by atoms with Gasteiger partial charge in [0.2, 0.25) is 0 Å². The summed E-state index contributed by atoms with van der Waals surface area (Å²) in [6.07, 6.45) is 7.48. The smallest absolute Gasteiger partial charge is 0.0692 e. The summed E-state index contributed by atoms with van der Waals surface area (Å²) in [4.78, 5) is 0. The van der Waals surface area contributed by atoms with E-state index in [9.17, 15) is 5.11 Å². The Bertz CT molecular complexity index is 274. The summed E-state index contributed by atoms with van der Waals surface area (Å²) >= 11 is 0. The summed E-state index contributed by atoms with van der Waals surface area (Å²) in [5.41, 5.74) is 0.406. The Morgan fingerprint density at radius 2 is 1.95 bits per heavy atom. The van der Waals surface area contributed by atoms with Crippen LogP contribution in [-0.2, 0) is 4.74 Å². The first kappa shape index (κ1) is 15.3. The molecule has 0 aromatic heterocycles. The molecule has 2 rings (SSSR count). The summed E-state index contributed by atoms with van der Waals surface area (Å²) < 4.78 is 5.86. The molecule has 2 N–H and O–H groups in total. The van der Waals surface area contributed by atoms with Crippen LogP contribution in [0.3, 0.4) is 0 Å². The van der Waals surface area contributed by atoms with Gasteiger partial charge in [0.15, 0.2) is 0 Å². The van der Waals surface area contributed by atoms with Crippen LogP contribution in [0.25, 0.3) is 0 Å². The van der Waals surface area contributed by atoms with Crippen molar-refractivity contribution in [3.8, 4) is 0 Å². The molecule has 0 aromatic rings. The van der Waals surface area contributed by atoms with Gasteiger partial charge in [-0.15, -0.1) is 0 Å². The molecule has 2 aliphatic rings. The molecule has 2 saturated carbocycles. The Kier molecular flexibility index (Phi) is 5.27. The second-order valence-corrected chi connectivity index (χ2v) is 6.37. The first-order valence-corrected chi connectivity index (χ1v) is 8.21. The topological polar surface area (TPSA) is 41.5 Å². The molecule has 0 heterocycles. The average molecular weight is 269 g/mol. The van der Waals surface area contributed by atoms with Gasteiger partial charge in [-0.25, -0.2) is 0 Å². The molecule has 3 atom stereocenters. The normalized spacial score (nSPS) is 30.2. The Labute approximate surface area is 118 Å². The quantitative estimate of drug-likeness (QED) is 0.712. The number of aliphatic hydroxyl groups excluding tert-OH is 1. The highest BCUT2D eigenvalue weighted by atomic mass is 16.5. The van der Waals surface area contributed by atoms with Crippen molar-refractivity contribution in [2.24, 2.45) is 11.3 Å². The van der Waals surface area contributed by atoms with Gasteiger partial charge >= 0.3 is 0 Å². The first-order chi connectivity index (χ1) is 9.17. The Balaban J connectivity index is 1.78. The zero-order valence-corrected chi connectivity index (χ0v) is 12.8. The largest absolute Gasteiger partial charge is 0.392 e. The van der Waals surface area contributed by atoms with Crippen LogP contribution in [0.1, 0.15) is 59.3 Å². The molecule has 112 valence electrons. The van der Waals surface area contributed by atoms with E-state index in [-0.39, 0.29) is 6.10 Å². The summed E-state index contributed by atoms with van der Waals surface area (Å²) in [6.45, 7) is 8.00. The standard InChI is InChI=1S/C16H31NO2/c1-4-12(5-2)13(18)11-17-14-10-15(19-6-3)16(14)8-7-9-16/h12-15,17-18H,4-11H2,1-3H3. The van der Waals surface area contributed by atoms with Gasteiger partial charge in [0, 0.05) is 24.6 Å². The van der Waals surface area contributed by atoms with E-state index in [1.807, 2.05) is 0 Å². The van der Waals surface area contributed by atoms with Crippen LogP contribution < -0.4 is 5.32 Å². The second kappa shape index (κ2) is 6.55. The predicted molar refractivity (Wildman–Crippen MR) is 78.2 cm³/mol. The van der Waals surface area contributed by atoms with E-state index in [0.717, 1.165) is 32.4 Å². The molecule has 0 aliphatic heterocycles. The van der Waals surface area contributed by atoms with Crippen molar-refractivity contribution in [1.29, 1.82) is 0 Å². The Morgan fingerprint density at radius 3 is 2.42 bits per heavy atom. The number of rotatable bonds is 8. The van der Waals surface area contributed by atoms with Crippen molar-refractivity contribution >= 4 is 0 Å². The molecule has 3 unspecified atom stereocenters. The van der Waals surface area contributed by atoms with Crippen LogP contribution in [-0.4, -0.2) is 36.5 Å². The third-order valence-corrected chi connectivity index (χ3v) is 5.60. The lowest BCUT2D eigenvalue weighted by molar-refractivity contribution is -0.174. The SMILES string of the molecule is CCOC1CC(NCC(O)C(CC)CC)C12CCC2. The van der Waals surface area contributed by atoms with E-state index in [1.54, 1.807) is 0 Å². The molecule has 2 aliphatic carbocycles. The molecule has 0 radical (unpaired) electrons. The van der Waals surface area contributed by atoms with E-state index in [4.69, 9.17) is 4.74 Å². The van der Waals surface area contributed by atoms with Crippen LogP contribution in [0.2, 0.25) is 0 Å². The molecule has 3 heteroatoms.